The Hall–Kier alpha value is -0.120. The Morgan fingerprint density at radius 2 is 2.00 bits per heavy atom. The van der Waals surface area contributed by atoms with Gasteiger partial charge in [0.05, 0.1) is 0 Å². The molecule has 2 saturated heterocycles. The molecule has 0 spiro atoms. The van der Waals surface area contributed by atoms with Crippen molar-refractivity contribution in [3.8, 4) is 0 Å². The molecule has 3 fully saturated rings. The van der Waals surface area contributed by atoms with E-state index in [4.69, 9.17) is 10.5 Å². The maximum Gasteiger partial charge on any atom is 0.0469 e. The maximum atomic E-state index is 6.03. The first-order chi connectivity index (χ1) is 7.88. The van der Waals surface area contributed by atoms with E-state index in [1.54, 1.807) is 0 Å². The lowest BCUT2D eigenvalue weighted by Crippen LogP contribution is -2.50. The second-order valence-electron chi connectivity index (χ2n) is 5.78. The summed E-state index contributed by atoms with van der Waals surface area (Å²) in [5, 5.41) is 0. The predicted octanol–water partition coefficient (Wildman–Crippen LogP) is 1.22. The van der Waals surface area contributed by atoms with Crippen molar-refractivity contribution in [1.82, 2.24) is 4.90 Å². The van der Waals surface area contributed by atoms with Crippen LogP contribution in [0.4, 0.5) is 0 Å². The molecule has 0 aromatic carbocycles. The molecule has 3 rings (SSSR count). The molecule has 0 radical (unpaired) electrons. The summed E-state index contributed by atoms with van der Waals surface area (Å²) in [6, 6.07) is 1.50. The summed E-state index contributed by atoms with van der Waals surface area (Å²) in [5.41, 5.74) is 6.03. The fourth-order valence-electron chi connectivity index (χ4n) is 4.07. The smallest absolute Gasteiger partial charge is 0.0469 e. The molecule has 2 heterocycles. The van der Waals surface area contributed by atoms with Gasteiger partial charge in [-0.1, -0.05) is 0 Å². The van der Waals surface area contributed by atoms with Crippen LogP contribution in [-0.4, -0.2) is 43.3 Å². The monoisotopic (exact) mass is 224 g/mol. The van der Waals surface area contributed by atoms with Gasteiger partial charge in [0.1, 0.15) is 0 Å². The Bertz CT molecular complexity index is 240. The third-order valence-corrected chi connectivity index (χ3v) is 4.93. The van der Waals surface area contributed by atoms with E-state index in [0.29, 0.717) is 6.04 Å². The molecule has 3 aliphatic rings. The lowest BCUT2D eigenvalue weighted by atomic mass is 9.89. The Balaban J connectivity index is 1.65. The minimum Gasteiger partial charge on any atom is -0.381 e. The Morgan fingerprint density at radius 3 is 2.56 bits per heavy atom. The molecule has 0 aromatic heterocycles. The van der Waals surface area contributed by atoms with Gasteiger partial charge in [-0.3, -0.25) is 4.90 Å². The highest BCUT2D eigenvalue weighted by molar-refractivity contribution is 4.97. The van der Waals surface area contributed by atoms with Crippen LogP contribution in [0.2, 0.25) is 0 Å². The molecule has 92 valence electrons. The molecule has 16 heavy (non-hydrogen) atoms. The molecular formula is C13H24N2O. The Morgan fingerprint density at radius 1 is 1.19 bits per heavy atom. The molecule has 3 heteroatoms. The van der Waals surface area contributed by atoms with Crippen LogP contribution in [0.1, 0.15) is 32.1 Å². The maximum absolute atomic E-state index is 6.03. The molecule has 0 aromatic rings. The van der Waals surface area contributed by atoms with E-state index in [-0.39, 0.29) is 0 Å². The van der Waals surface area contributed by atoms with Crippen molar-refractivity contribution in [3.63, 3.8) is 0 Å². The van der Waals surface area contributed by atoms with Gasteiger partial charge in [-0.15, -0.1) is 0 Å². The van der Waals surface area contributed by atoms with E-state index in [0.717, 1.165) is 37.6 Å². The first kappa shape index (κ1) is 11.0. The number of nitrogens with two attached hydrogens (primary N) is 1. The summed E-state index contributed by atoms with van der Waals surface area (Å²) in [7, 11) is 0. The SMILES string of the molecule is NCC(C1CCOCC1)N1CC2CCC1C2. The van der Waals surface area contributed by atoms with E-state index in [9.17, 15) is 0 Å². The quantitative estimate of drug-likeness (QED) is 0.783. The molecule has 0 amide bonds. The van der Waals surface area contributed by atoms with Crippen molar-refractivity contribution < 1.29 is 4.74 Å². The van der Waals surface area contributed by atoms with E-state index in [2.05, 4.69) is 4.90 Å². The van der Waals surface area contributed by atoms with Gasteiger partial charge in [0, 0.05) is 38.4 Å². The topological polar surface area (TPSA) is 38.5 Å². The van der Waals surface area contributed by atoms with Crippen LogP contribution in [0.5, 0.6) is 0 Å². The summed E-state index contributed by atoms with van der Waals surface area (Å²) in [6.07, 6.45) is 6.77. The second-order valence-corrected chi connectivity index (χ2v) is 5.78. The number of piperidine rings is 1. The first-order valence-corrected chi connectivity index (χ1v) is 6.92. The summed E-state index contributed by atoms with van der Waals surface area (Å²) in [5.74, 6) is 1.77. The average Bonchev–Trinajstić information content (AvgIpc) is 2.94. The van der Waals surface area contributed by atoms with Crippen LogP contribution < -0.4 is 5.73 Å². The van der Waals surface area contributed by atoms with E-state index < -0.39 is 0 Å². The zero-order valence-electron chi connectivity index (χ0n) is 10.1. The van der Waals surface area contributed by atoms with Crippen molar-refractivity contribution in [2.75, 3.05) is 26.3 Å². The number of rotatable bonds is 3. The van der Waals surface area contributed by atoms with Gasteiger partial charge in [-0.25, -0.2) is 0 Å². The molecule has 1 aliphatic carbocycles. The van der Waals surface area contributed by atoms with Gasteiger partial charge in [0.25, 0.3) is 0 Å². The van der Waals surface area contributed by atoms with E-state index in [1.165, 1.54) is 38.6 Å². The fraction of sp³-hybridized carbons (Fsp3) is 1.00. The standard InChI is InChI=1S/C13H24N2O/c14-8-13(11-3-5-16-6-4-11)15-9-10-1-2-12(15)7-10/h10-13H,1-9,14H2. The molecule has 2 aliphatic heterocycles. The minimum absolute atomic E-state index is 0.638. The number of fused-ring (bicyclic) bond motifs is 2. The van der Waals surface area contributed by atoms with Crippen molar-refractivity contribution in [2.45, 2.75) is 44.2 Å². The molecule has 3 nitrogen and oxygen atoms in total. The predicted molar refractivity (Wildman–Crippen MR) is 64.2 cm³/mol. The van der Waals surface area contributed by atoms with Crippen molar-refractivity contribution in [1.29, 1.82) is 0 Å². The Kier molecular flexibility index (Phi) is 3.18. The van der Waals surface area contributed by atoms with E-state index >= 15 is 0 Å². The van der Waals surface area contributed by atoms with Gasteiger partial charge in [0.2, 0.25) is 0 Å². The van der Waals surface area contributed by atoms with Crippen LogP contribution in [0.15, 0.2) is 0 Å². The van der Waals surface area contributed by atoms with Gasteiger partial charge in [0.15, 0.2) is 0 Å². The average molecular weight is 224 g/mol. The van der Waals surface area contributed by atoms with Gasteiger partial charge in [-0.2, -0.15) is 0 Å². The van der Waals surface area contributed by atoms with Crippen LogP contribution in [0.3, 0.4) is 0 Å². The van der Waals surface area contributed by atoms with Crippen molar-refractivity contribution in [3.05, 3.63) is 0 Å². The Labute approximate surface area is 98.3 Å². The lowest BCUT2D eigenvalue weighted by molar-refractivity contribution is 0.0189. The molecular weight excluding hydrogens is 200 g/mol. The van der Waals surface area contributed by atoms with Gasteiger partial charge in [-0.05, 0) is 43.9 Å². The molecule has 3 unspecified atom stereocenters. The van der Waals surface area contributed by atoms with Crippen molar-refractivity contribution in [2.24, 2.45) is 17.6 Å². The highest BCUT2D eigenvalue weighted by Gasteiger charge is 2.42. The van der Waals surface area contributed by atoms with Crippen LogP contribution in [0, 0.1) is 11.8 Å². The lowest BCUT2D eigenvalue weighted by Gasteiger charge is -2.40. The van der Waals surface area contributed by atoms with Gasteiger partial charge >= 0.3 is 0 Å². The number of ether oxygens (including phenoxy) is 1. The zero-order chi connectivity index (χ0) is 11.0. The fourth-order valence-corrected chi connectivity index (χ4v) is 4.07. The highest BCUT2D eigenvalue weighted by Crippen LogP contribution is 2.40. The summed E-state index contributed by atoms with van der Waals surface area (Å²) >= 11 is 0. The van der Waals surface area contributed by atoms with Crippen LogP contribution in [0.25, 0.3) is 0 Å². The van der Waals surface area contributed by atoms with Crippen molar-refractivity contribution >= 4 is 0 Å². The molecule has 1 saturated carbocycles. The number of hydrogen-bond donors (Lipinski definition) is 1. The van der Waals surface area contributed by atoms with Crippen LogP contribution in [-0.2, 0) is 4.74 Å². The normalized spacial score (nSPS) is 38.1. The van der Waals surface area contributed by atoms with Crippen LogP contribution >= 0.6 is 0 Å². The molecule has 2 N–H and O–H groups in total. The molecule has 2 bridgehead atoms. The first-order valence-electron chi connectivity index (χ1n) is 6.92. The summed E-state index contributed by atoms with van der Waals surface area (Å²) in [6.45, 7) is 4.06. The summed E-state index contributed by atoms with van der Waals surface area (Å²) in [4.78, 5) is 2.74. The number of nitrogens with zero attached hydrogens (tertiary/aromatic N) is 1. The largest absolute Gasteiger partial charge is 0.381 e. The number of likely N-dealkylation sites (tertiary alicyclic amines) is 1. The molecule has 3 atom stereocenters. The van der Waals surface area contributed by atoms with E-state index in [1.807, 2.05) is 0 Å². The zero-order valence-corrected chi connectivity index (χ0v) is 10.1. The third-order valence-electron chi connectivity index (χ3n) is 4.93. The van der Waals surface area contributed by atoms with Gasteiger partial charge < -0.3 is 10.5 Å². The highest BCUT2D eigenvalue weighted by atomic mass is 16.5. The second kappa shape index (κ2) is 4.63. The summed E-state index contributed by atoms with van der Waals surface area (Å²) < 4.78 is 5.46. The third kappa shape index (κ3) is 1.89. The minimum atomic E-state index is 0.638. The number of hydrogen-bond acceptors (Lipinski definition) is 3.